The summed E-state index contributed by atoms with van der Waals surface area (Å²) in [6.45, 7) is 2.13. The van der Waals surface area contributed by atoms with Crippen LogP contribution in [0.4, 0.5) is 5.69 Å². The van der Waals surface area contributed by atoms with Crippen molar-refractivity contribution < 1.29 is 4.92 Å². The van der Waals surface area contributed by atoms with Gasteiger partial charge in [-0.25, -0.2) is 4.98 Å². The Morgan fingerprint density at radius 2 is 1.88 bits per heavy atom. The Labute approximate surface area is 158 Å². The number of unbranched alkanes of at least 4 members (excludes halogenated alkanes) is 1. The second-order valence-electron chi connectivity index (χ2n) is 5.58. The van der Waals surface area contributed by atoms with Crippen LogP contribution in [0.25, 0.3) is 16.6 Å². The van der Waals surface area contributed by atoms with Crippen LogP contribution in [0.3, 0.4) is 0 Å². The molecule has 0 atom stereocenters. The molecule has 0 saturated carbocycles. The molecule has 3 rings (SSSR count). The SMILES string of the molecule is CCCCSSc1nc2ccccc2c(=O)n1-c1ccc([N+](=O)[O-])cc1. The second kappa shape index (κ2) is 8.37. The number of hydrogen-bond donors (Lipinski definition) is 0. The topological polar surface area (TPSA) is 78.0 Å². The van der Waals surface area contributed by atoms with Gasteiger partial charge in [0.05, 0.1) is 21.5 Å². The van der Waals surface area contributed by atoms with Crippen molar-refractivity contribution in [1.29, 1.82) is 0 Å². The van der Waals surface area contributed by atoms with Crippen molar-refractivity contribution in [2.24, 2.45) is 0 Å². The third kappa shape index (κ3) is 3.91. The Balaban J connectivity index is 2.09. The molecule has 0 aliphatic heterocycles. The summed E-state index contributed by atoms with van der Waals surface area (Å²) in [6.07, 6.45) is 2.20. The van der Waals surface area contributed by atoms with Crippen LogP contribution in [0.5, 0.6) is 0 Å². The average molecular weight is 387 g/mol. The first-order chi connectivity index (χ1) is 12.6. The van der Waals surface area contributed by atoms with Gasteiger partial charge in [0.15, 0.2) is 5.16 Å². The number of hydrogen-bond acceptors (Lipinski definition) is 6. The highest BCUT2D eigenvalue weighted by Gasteiger charge is 2.14. The maximum Gasteiger partial charge on any atom is 0.269 e. The van der Waals surface area contributed by atoms with E-state index < -0.39 is 4.92 Å². The summed E-state index contributed by atoms with van der Waals surface area (Å²) in [7, 11) is 3.11. The maximum absolute atomic E-state index is 13.0. The molecule has 26 heavy (non-hydrogen) atoms. The zero-order valence-electron chi connectivity index (χ0n) is 14.1. The highest BCUT2D eigenvalue weighted by Crippen LogP contribution is 2.32. The van der Waals surface area contributed by atoms with Gasteiger partial charge in [0, 0.05) is 17.9 Å². The Bertz CT molecular complexity index is 987. The van der Waals surface area contributed by atoms with Gasteiger partial charge in [-0.2, -0.15) is 0 Å². The molecule has 1 aromatic heterocycles. The number of non-ortho nitro benzene ring substituents is 1. The molecule has 134 valence electrons. The third-order valence-corrected chi connectivity index (χ3v) is 6.08. The lowest BCUT2D eigenvalue weighted by atomic mass is 10.2. The molecule has 0 aliphatic rings. The van der Waals surface area contributed by atoms with E-state index >= 15 is 0 Å². The Morgan fingerprint density at radius 1 is 1.15 bits per heavy atom. The summed E-state index contributed by atoms with van der Waals surface area (Å²) in [6, 6.07) is 13.2. The molecule has 3 aromatic rings. The van der Waals surface area contributed by atoms with Crippen LogP contribution in [0.15, 0.2) is 58.5 Å². The van der Waals surface area contributed by atoms with Crippen molar-refractivity contribution in [3.63, 3.8) is 0 Å². The van der Waals surface area contributed by atoms with Gasteiger partial charge in [-0.1, -0.05) is 36.3 Å². The number of benzene rings is 2. The lowest BCUT2D eigenvalue weighted by Gasteiger charge is -2.12. The molecule has 0 saturated heterocycles. The molecule has 2 aromatic carbocycles. The van der Waals surface area contributed by atoms with Crippen molar-refractivity contribution in [2.75, 3.05) is 5.75 Å². The standard InChI is InChI=1S/C18H17N3O3S2/c1-2-3-12-25-26-18-19-16-7-5-4-6-15(16)17(22)20(18)13-8-10-14(11-9-13)21(23)24/h4-11H,2-3,12H2,1H3. The van der Waals surface area contributed by atoms with E-state index in [2.05, 4.69) is 11.9 Å². The van der Waals surface area contributed by atoms with Gasteiger partial charge in [0.25, 0.3) is 11.2 Å². The van der Waals surface area contributed by atoms with E-state index in [1.54, 1.807) is 35.1 Å². The van der Waals surface area contributed by atoms with Crippen molar-refractivity contribution >= 4 is 38.2 Å². The van der Waals surface area contributed by atoms with E-state index in [1.165, 1.54) is 27.5 Å². The molecule has 0 spiro atoms. The summed E-state index contributed by atoms with van der Waals surface area (Å²) < 4.78 is 1.52. The summed E-state index contributed by atoms with van der Waals surface area (Å²) >= 11 is 0. The first-order valence-corrected chi connectivity index (χ1v) is 10.5. The quantitative estimate of drug-likeness (QED) is 0.190. The molecular formula is C18H17N3O3S2. The number of para-hydroxylation sites is 1. The largest absolute Gasteiger partial charge is 0.269 e. The van der Waals surface area contributed by atoms with E-state index in [-0.39, 0.29) is 11.2 Å². The predicted octanol–water partition coefficient (Wildman–Crippen LogP) is 4.83. The summed E-state index contributed by atoms with van der Waals surface area (Å²) in [5, 5.41) is 12.0. The lowest BCUT2D eigenvalue weighted by molar-refractivity contribution is -0.384. The molecule has 0 radical (unpaired) electrons. The van der Waals surface area contributed by atoms with Gasteiger partial charge in [-0.3, -0.25) is 19.5 Å². The lowest BCUT2D eigenvalue weighted by Crippen LogP contribution is -2.21. The summed E-state index contributed by atoms with van der Waals surface area (Å²) in [4.78, 5) is 28.1. The van der Waals surface area contributed by atoms with Crippen LogP contribution in [0.2, 0.25) is 0 Å². The molecule has 1 heterocycles. The van der Waals surface area contributed by atoms with Crippen LogP contribution in [-0.2, 0) is 0 Å². The van der Waals surface area contributed by atoms with E-state index in [0.29, 0.717) is 21.7 Å². The van der Waals surface area contributed by atoms with Crippen molar-refractivity contribution in [1.82, 2.24) is 9.55 Å². The number of rotatable bonds is 7. The van der Waals surface area contributed by atoms with Crippen molar-refractivity contribution in [3.8, 4) is 5.69 Å². The molecule has 0 N–H and O–H groups in total. The van der Waals surface area contributed by atoms with Gasteiger partial charge in [0.1, 0.15) is 0 Å². The van der Waals surface area contributed by atoms with E-state index in [0.717, 1.165) is 18.6 Å². The number of fused-ring (bicyclic) bond motifs is 1. The number of nitrogens with zero attached hydrogens (tertiary/aromatic N) is 3. The highest BCUT2D eigenvalue weighted by molar-refractivity contribution is 8.76. The smallest absolute Gasteiger partial charge is 0.268 e. The predicted molar refractivity (Wildman–Crippen MR) is 107 cm³/mol. The third-order valence-electron chi connectivity index (χ3n) is 3.78. The number of nitro benzene ring substituents is 1. The first-order valence-electron chi connectivity index (χ1n) is 8.18. The van der Waals surface area contributed by atoms with E-state index in [9.17, 15) is 14.9 Å². The highest BCUT2D eigenvalue weighted by atomic mass is 33.1. The van der Waals surface area contributed by atoms with Gasteiger partial charge >= 0.3 is 0 Å². The van der Waals surface area contributed by atoms with Gasteiger partial charge in [-0.15, -0.1) is 0 Å². The summed E-state index contributed by atoms with van der Waals surface area (Å²) in [5.41, 5.74) is 1.02. The maximum atomic E-state index is 13.0. The minimum Gasteiger partial charge on any atom is -0.268 e. The fourth-order valence-corrected chi connectivity index (χ4v) is 4.67. The van der Waals surface area contributed by atoms with Crippen LogP contribution in [0, 0.1) is 10.1 Å². The van der Waals surface area contributed by atoms with Gasteiger partial charge < -0.3 is 0 Å². The second-order valence-corrected chi connectivity index (χ2v) is 7.97. The van der Waals surface area contributed by atoms with Crippen LogP contribution in [-0.4, -0.2) is 20.2 Å². The molecule has 0 unspecified atom stereocenters. The normalized spacial score (nSPS) is 11.0. The number of nitro groups is 1. The zero-order chi connectivity index (χ0) is 18.5. The molecule has 0 fully saturated rings. The van der Waals surface area contributed by atoms with Crippen molar-refractivity contribution in [2.45, 2.75) is 24.9 Å². The van der Waals surface area contributed by atoms with E-state index in [1.807, 2.05) is 12.1 Å². The molecule has 0 bridgehead atoms. The van der Waals surface area contributed by atoms with Crippen LogP contribution in [0.1, 0.15) is 19.8 Å². The molecule has 6 nitrogen and oxygen atoms in total. The molecule has 0 amide bonds. The average Bonchev–Trinajstić information content (AvgIpc) is 2.65. The molecule has 8 heteroatoms. The Morgan fingerprint density at radius 3 is 2.58 bits per heavy atom. The van der Waals surface area contributed by atoms with E-state index in [4.69, 9.17) is 0 Å². The Hall–Kier alpha value is -2.32. The first kappa shape index (κ1) is 18.5. The minimum absolute atomic E-state index is 0.0120. The zero-order valence-corrected chi connectivity index (χ0v) is 15.8. The molecular weight excluding hydrogens is 370 g/mol. The fourth-order valence-electron chi connectivity index (χ4n) is 2.42. The summed E-state index contributed by atoms with van der Waals surface area (Å²) in [5.74, 6) is 0.962. The molecule has 0 aliphatic carbocycles. The van der Waals surface area contributed by atoms with Gasteiger partial charge in [0.2, 0.25) is 0 Å². The monoisotopic (exact) mass is 387 g/mol. The minimum atomic E-state index is -0.457. The van der Waals surface area contributed by atoms with Crippen molar-refractivity contribution in [3.05, 3.63) is 69.0 Å². The Kier molecular flexibility index (Phi) is 5.95. The number of aromatic nitrogens is 2. The van der Waals surface area contributed by atoms with Crippen LogP contribution < -0.4 is 5.56 Å². The van der Waals surface area contributed by atoms with Gasteiger partial charge in [-0.05, 0) is 41.5 Å². The van der Waals surface area contributed by atoms with Crippen LogP contribution >= 0.6 is 21.6 Å². The fraction of sp³-hybridized carbons (Fsp3) is 0.222.